The molecule has 0 radical (unpaired) electrons. The summed E-state index contributed by atoms with van der Waals surface area (Å²) < 4.78 is 0. The third kappa shape index (κ3) is 3.98. The number of nitrogens with zero attached hydrogens (tertiary/aromatic N) is 1. The zero-order valence-electron chi connectivity index (χ0n) is 11.3. The van der Waals surface area contributed by atoms with E-state index < -0.39 is 0 Å². The molecular formula is C17H14N2O2. The highest BCUT2D eigenvalue weighted by atomic mass is 16.1. The topological polar surface area (TPSA) is 58.5 Å². The highest BCUT2D eigenvalue weighted by Gasteiger charge is 1.97. The zero-order valence-corrected chi connectivity index (χ0v) is 11.3. The summed E-state index contributed by atoms with van der Waals surface area (Å²) in [4.78, 5) is 25.9. The van der Waals surface area contributed by atoms with Crippen molar-refractivity contribution in [2.75, 3.05) is 5.32 Å². The maximum atomic E-state index is 10.8. The average Bonchev–Trinajstić information content (AvgIpc) is 2.55. The molecule has 1 N–H and O–H groups in total. The largest absolute Gasteiger partial charge is 0.361 e. The minimum Gasteiger partial charge on any atom is -0.361 e. The van der Waals surface area contributed by atoms with Gasteiger partial charge in [-0.3, -0.25) is 14.6 Å². The van der Waals surface area contributed by atoms with Crippen LogP contribution in [0.1, 0.15) is 20.7 Å². The number of allylic oxidation sites excluding steroid dienone is 1. The fourth-order valence-electron chi connectivity index (χ4n) is 1.74. The van der Waals surface area contributed by atoms with Gasteiger partial charge in [0.2, 0.25) is 0 Å². The highest BCUT2D eigenvalue weighted by Crippen LogP contribution is 2.15. The number of carbonyl (C=O) groups excluding carboxylic acids is 2. The third-order valence-corrected chi connectivity index (χ3v) is 2.79. The molecule has 104 valence electrons. The molecule has 0 aliphatic carbocycles. The van der Waals surface area contributed by atoms with Gasteiger partial charge in [-0.05, 0) is 30.3 Å². The van der Waals surface area contributed by atoms with Gasteiger partial charge in [-0.2, -0.15) is 0 Å². The molecule has 2 aromatic rings. The molecule has 0 aromatic heterocycles. The van der Waals surface area contributed by atoms with E-state index in [-0.39, 0.29) is 0 Å². The molecule has 0 amide bonds. The number of nitrogens with one attached hydrogen (secondary N) is 1. The van der Waals surface area contributed by atoms with Gasteiger partial charge < -0.3 is 5.32 Å². The number of benzene rings is 2. The van der Waals surface area contributed by atoms with Crippen molar-refractivity contribution in [1.82, 2.24) is 0 Å². The van der Waals surface area contributed by atoms with Crippen LogP contribution in [0.15, 0.2) is 65.8 Å². The molecule has 0 unspecified atom stereocenters. The van der Waals surface area contributed by atoms with Crippen molar-refractivity contribution in [3.8, 4) is 0 Å². The second-order valence-electron chi connectivity index (χ2n) is 4.16. The first kappa shape index (κ1) is 14.4. The molecule has 0 atom stereocenters. The Morgan fingerprint density at radius 3 is 2.29 bits per heavy atom. The van der Waals surface area contributed by atoms with Crippen molar-refractivity contribution in [3.05, 3.63) is 71.9 Å². The first-order chi connectivity index (χ1) is 10.3. The Labute approximate surface area is 122 Å². The lowest BCUT2D eigenvalue weighted by molar-refractivity contribution is 0.111. The van der Waals surface area contributed by atoms with E-state index >= 15 is 0 Å². The van der Waals surface area contributed by atoms with Crippen LogP contribution in [-0.4, -0.2) is 18.8 Å². The molecule has 0 aliphatic rings. The Kier molecular flexibility index (Phi) is 5.18. The minimum atomic E-state index is 0.543. The number of hydrogen-bond acceptors (Lipinski definition) is 4. The van der Waals surface area contributed by atoms with Gasteiger partial charge in [0.05, 0.1) is 5.69 Å². The first-order valence-electron chi connectivity index (χ1n) is 6.39. The van der Waals surface area contributed by atoms with E-state index in [1.165, 1.54) is 0 Å². The SMILES string of the molecule is O=Cc1ccccc1N=C/C=C/Nc1ccccc1C=O. The lowest BCUT2D eigenvalue weighted by Gasteiger charge is -2.02. The molecule has 0 heterocycles. The highest BCUT2D eigenvalue weighted by molar-refractivity contribution is 5.86. The summed E-state index contributed by atoms with van der Waals surface area (Å²) in [5, 5.41) is 3.01. The average molecular weight is 278 g/mol. The summed E-state index contributed by atoms with van der Waals surface area (Å²) in [5.74, 6) is 0. The van der Waals surface area contributed by atoms with Crippen LogP contribution in [0, 0.1) is 0 Å². The molecule has 0 bridgehead atoms. The Bertz CT molecular complexity index is 691. The van der Waals surface area contributed by atoms with Crippen molar-refractivity contribution in [2.45, 2.75) is 0 Å². The zero-order chi connectivity index (χ0) is 14.9. The minimum absolute atomic E-state index is 0.543. The van der Waals surface area contributed by atoms with Gasteiger partial charge in [-0.15, -0.1) is 0 Å². The number of aliphatic imine (C=N–C) groups is 1. The third-order valence-electron chi connectivity index (χ3n) is 2.79. The van der Waals surface area contributed by atoms with Gasteiger partial charge in [0.25, 0.3) is 0 Å². The number of hydrogen-bond donors (Lipinski definition) is 1. The van der Waals surface area contributed by atoms with Crippen LogP contribution in [0.3, 0.4) is 0 Å². The molecule has 4 heteroatoms. The van der Waals surface area contributed by atoms with Crippen molar-refractivity contribution < 1.29 is 9.59 Å². The van der Waals surface area contributed by atoms with Crippen LogP contribution in [0.5, 0.6) is 0 Å². The number of para-hydroxylation sites is 2. The smallest absolute Gasteiger partial charge is 0.152 e. The van der Waals surface area contributed by atoms with Gasteiger partial charge in [0.15, 0.2) is 12.6 Å². The maximum Gasteiger partial charge on any atom is 0.152 e. The van der Waals surface area contributed by atoms with E-state index in [9.17, 15) is 9.59 Å². The predicted molar refractivity (Wildman–Crippen MR) is 84.6 cm³/mol. The molecule has 21 heavy (non-hydrogen) atoms. The van der Waals surface area contributed by atoms with Crippen molar-refractivity contribution >= 4 is 30.2 Å². The molecular weight excluding hydrogens is 264 g/mol. The summed E-state index contributed by atoms with van der Waals surface area (Å²) in [6, 6.07) is 14.3. The maximum absolute atomic E-state index is 10.8. The van der Waals surface area contributed by atoms with Gasteiger partial charge in [-0.1, -0.05) is 24.3 Å². The second-order valence-corrected chi connectivity index (χ2v) is 4.16. The van der Waals surface area contributed by atoms with Crippen LogP contribution in [-0.2, 0) is 0 Å². The van der Waals surface area contributed by atoms with Gasteiger partial charge in [-0.25, -0.2) is 0 Å². The lowest BCUT2D eigenvalue weighted by atomic mass is 10.2. The molecule has 0 aliphatic heterocycles. The Morgan fingerprint density at radius 1 is 0.857 bits per heavy atom. The van der Waals surface area contributed by atoms with Gasteiger partial charge in [0.1, 0.15) is 0 Å². The molecule has 0 fully saturated rings. The summed E-state index contributed by atoms with van der Waals surface area (Å²) in [6.07, 6.45) is 6.52. The molecule has 2 rings (SSSR count). The van der Waals surface area contributed by atoms with Crippen LogP contribution in [0.25, 0.3) is 0 Å². The number of carbonyl (C=O) groups is 2. The summed E-state index contributed by atoms with van der Waals surface area (Å²) in [5.41, 5.74) is 2.47. The van der Waals surface area contributed by atoms with Crippen LogP contribution >= 0.6 is 0 Å². The van der Waals surface area contributed by atoms with E-state index in [1.807, 2.05) is 18.2 Å². The predicted octanol–water partition coefficient (Wildman–Crippen LogP) is 3.64. The van der Waals surface area contributed by atoms with Crippen molar-refractivity contribution in [2.24, 2.45) is 4.99 Å². The van der Waals surface area contributed by atoms with Crippen molar-refractivity contribution in [3.63, 3.8) is 0 Å². The Morgan fingerprint density at radius 2 is 1.52 bits per heavy atom. The molecule has 4 nitrogen and oxygen atoms in total. The fraction of sp³-hybridized carbons (Fsp3) is 0. The number of rotatable bonds is 6. The molecule has 0 spiro atoms. The first-order valence-corrected chi connectivity index (χ1v) is 6.39. The Hall–Kier alpha value is -3.01. The normalized spacial score (nSPS) is 10.9. The monoisotopic (exact) mass is 278 g/mol. The van der Waals surface area contributed by atoms with Gasteiger partial charge >= 0.3 is 0 Å². The summed E-state index contributed by atoms with van der Waals surface area (Å²) in [7, 11) is 0. The van der Waals surface area contributed by atoms with E-state index in [4.69, 9.17) is 0 Å². The van der Waals surface area contributed by atoms with E-state index in [0.29, 0.717) is 16.8 Å². The number of anilines is 1. The second kappa shape index (κ2) is 7.55. The number of aldehydes is 2. The van der Waals surface area contributed by atoms with E-state index in [1.54, 1.807) is 48.8 Å². The van der Waals surface area contributed by atoms with Gasteiger partial charge in [0, 0.05) is 29.2 Å². The standard InChI is InChI=1S/C17H14N2O2/c20-12-14-6-1-3-8-16(14)18-10-5-11-19-17-9-4-2-7-15(17)13-21/h1-13,18H/b10-5+,19-11?. The summed E-state index contributed by atoms with van der Waals surface area (Å²) in [6.45, 7) is 0. The molecule has 2 aromatic carbocycles. The fourth-order valence-corrected chi connectivity index (χ4v) is 1.74. The molecule has 0 saturated carbocycles. The molecule has 0 saturated heterocycles. The van der Waals surface area contributed by atoms with Crippen molar-refractivity contribution in [1.29, 1.82) is 0 Å². The van der Waals surface area contributed by atoms with E-state index in [0.717, 1.165) is 18.3 Å². The Balaban J connectivity index is 2.01. The quantitative estimate of drug-likeness (QED) is 0.648. The van der Waals surface area contributed by atoms with Crippen LogP contribution in [0.4, 0.5) is 11.4 Å². The van der Waals surface area contributed by atoms with Crippen LogP contribution in [0.2, 0.25) is 0 Å². The lowest BCUT2D eigenvalue weighted by Crippen LogP contribution is -1.92. The summed E-state index contributed by atoms with van der Waals surface area (Å²) >= 11 is 0. The van der Waals surface area contributed by atoms with Crippen LogP contribution < -0.4 is 5.32 Å². The van der Waals surface area contributed by atoms with E-state index in [2.05, 4.69) is 10.3 Å².